The SMILES string of the molecule is Cc1nnc(Cn2c[c-]c(C(C)C)cc2=O)o1.[Y]. The van der Waals surface area contributed by atoms with Crippen LogP contribution in [-0.2, 0) is 39.3 Å². The molecule has 0 atom stereocenters. The van der Waals surface area contributed by atoms with Crippen LogP contribution in [0.25, 0.3) is 0 Å². The van der Waals surface area contributed by atoms with Gasteiger partial charge in [0, 0.05) is 39.6 Å². The quantitative estimate of drug-likeness (QED) is 0.804. The average Bonchev–Trinajstić information content (AvgIpc) is 2.67. The molecular weight excluding hydrogens is 307 g/mol. The maximum atomic E-state index is 11.8. The molecule has 0 unspecified atom stereocenters. The molecule has 2 rings (SSSR count). The number of hydrogen-bond acceptors (Lipinski definition) is 4. The Morgan fingerprint density at radius 1 is 1.44 bits per heavy atom. The minimum absolute atomic E-state index is 0. The zero-order chi connectivity index (χ0) is 12.4. The summed E-state index contributed by atoms with van der Waals surface area (Å²) >= 11 is 0. The van der Waals surface area contributed by atoms with E-state index in [0.717, 1.165) is 5.56 Å². The van der Waals surface area contributed by atoms with Crippen molar-refractivity contribution in [3.8, 4) is 0 Å². The predicted molar refractivity (Wildman–Crippen MR) is 61.8 cm³/mol. The molecule has 0 aromatic carbocycles. The Morgan fingerprint density at radius 2 is 2.17 bits per heavy atom. The number of rotatable bonds is 3. The summed E-state index contributed by atoms with van der Waals surface area (Å²) < 4.78 is 6.72. The minimum Gasteiger partial charge on any atom is -0.424 e. The fourth-order valence-electron chi connectivity index (χ4n) is 1.48. The first-order chi connectivity index (χ1) is 8.06. The standard InChI is InChI=1S/C12H14N3O2.Y/c1-8(2)10-4-5-15(12(16)6-10)7-11-14-13-9(3)17-11;/h5-6,8H,7H2,1-3H3;/q-1;. The number of nitrogens with zero attached hydrogens (tertiary/aromatic N) is 3. The Balaban J connectivity index is 0.00000162. The Labute approximate surface area is 130 Å². The topological polar surface area (TPSA) is 60.9 Å². The zero-order valence-electron chi connectivity index (χ0n) is 10.7. The Hall–Kier alpha value is -0.806. The van der Waals surface area contributed by atoms with E-state index in [1.54, 1.807) is 19.2 Å². The van der Waals surface area contributed by atoms with E-state index in [-0.39, 0.29) is 44.8 Å². The molecule has 0 N–H and O–H groups in total. The Morgan fingerprint density at radius 3 is 2.67 bits per heavy atom. The van der Waals surface area contributed by atoms with Crippen molar-refractivity contribution in [1.29, 1.82) is 0 Å². The summed E-state index contributed by atoms with van der Waals surface area (Å²) in [7, 11) is 0. The number of hydrogen-bond donors (Lipinski definition) is 0. The van der Waals surface area contributed by atoms with Crippen LogP contribution in [0.15, 0.2) is 21.5 Å². The molecule has 1 radical (unpaired) electrons. The summed E-state index contributed by atoms with van der Waals surface area (Å²) in [5, 5.41) is 7.57. The first-order valence-electron chi connectivity index (χ1n) is 5.47. The molecule has 2 heterocycles. The van der Waals surface area contributed by atoms with Crippen molar-refractivity contribution in [3.05, 3.63) is 46.0 Å². The Bertz CT molecular complexity index is 575. The van der Waals surface area contributed by atoms with Crippen LogP contribution in [0.5, 0.6) is 0 Å². The van der Waals surface area contributed by atoms with Gasteiger partial charge in [0.1, 0.15) is 6.54 Å². The molecule has 6 heteroatoms. The number of aryl methyl sites for hydroxylation is 1. The fourth-order valence-corrected chi connectivity index (χ4v) is 1.48. The molecule has 0 bridgehead atoms. The normalized spacial score (nSPS) is 10.4. The average molecular weight is 321 g/mol. The maximum Gasteiger partial charge on any atom is 0.236 e. The third-order valence-corrected chi connectivity index (χ3v) is 2.44. The van der Waals surface area contributed by atoms with Gasteiger partial charge in [-0.3, -0.25) is 4.79 Å². The molecule has 0 aliphatic rings. The monoisotopic (exact) mass is 321 g/mol. The van der Waals surface area contributed by atoms with Crippen LogP contribution in [0.1, 0.15) is 37.1 Å². The van der Waals surface area contributed by atoms with Gasteiger partial charge in [0.25, 0.3) is 0 Å². The van der Waals surface area contributed by atoms with Crippen molar-refractivity contribution in [2.45, 2.75) is 33.2 Å². The van der Waals surface area contributed by atoms with Gasteiger partial charge in [0.2, 0.25) is 11.8 Å². The fraction of sp³-hybridized carbons (Fsp3) is 0.417. The van der Waals surface area contributed by atoms with Crippen molar-refractivity contribution < 1.29 is 37.1 Å². The molecule has 0 aliphatic heterocycles. The largest absolute Gasteiger partial charge is 0.424 e. The molecule has 0 fully saturated rings. The van der Waals surface area contributed by atoms with Crippen LogP contribution in [0, 0.1) is 13.0 Å². The van der Waals surface area contributed by atoms with E-state index in [4.69, 9.17) is 4.42 Å². The zero-order valence-corrected chi connectivity index (χ0v) is 13.5. The molecule has 2 aromatic heterocycles. The molecule has 0 spiro atoms. The summed E-state index contributed by atoms with van der Waals surface area (Å²) in [4.78, 5) is 11.8. The first kappa shape index (κ1) is 15.3. The van der Waals surface area contributed by atoms with Crippen LogP contribution in [0.4, 0.5) is 0 Å². The number of aromatic nitrogens is 3. The van der Waals surface area contributed by atoms with Crippen molar-refractivity contribution in [1.82, 2.24) is 14.8 Å². The molecule has 0 amide bonds. The maximum absolute atomic E-state index is 11.8. The van der Waals surface area contributed by atoms with E-state index >= 15 is 0 Å². The van der Waals surface area contributed by atoms with Crippen molar-refractivity contribution >= 4 is 0 Å². The van der Waals surface area contributed by atoms with Gasteiger partial charge in [-0.05, 0) is 0 Å². The minimum atomic E-state index is -0.0803. The second-order valence-corrected chi connectivity index (χ2v) is 4.21. The van der Waals surface area contributed by atoms with Gasteiger partial charge in [-0.25, -0.2) is 11.6 Å². The molecule has 18 heavy (non-hydrogen) atoms. The van der Waals surface area contributed by atoms with Gasteiger partial charge in [0.05, 0.1) is 0 Å². The van der Waals surface area contributed by atoms with E-state index in [1.807, 2.05) is 13.8 Å². The molecule has 93 valence electrons. The van der Waals surface area contributed by atoms with Gasteiger partial charge < -0.3 is 8.98 Å². The van der Waals surface area contributed by atoms with Crippen LogP contribution in [-0.4, -0.2) is 14.8 Å². The van der Waals surface area contributed by atoms with Gasteiger partial charge >= 0.3 is 0 Å². The van der Waals surface area contributed by atoms with Crippen LogP contribution in [0.2, 0.25) is 0 Å². The molecule has 0 aliphatic carbocycles. The van der Waals surface area contributed by atoms with Crippen molar-refractivity contribution in [3.63, 3.8) is 0 Å². The van der Waals surface area contributed by atoms with E-state index < -0.39 is 0 Å². The third kappa shape index (κ3) is 3.59. The molecular formula is C12H14N3O2Y-. The molecule has 0 saturated carbocycles. The number of pyridine rings is 1. The second kappa shape index (κ2) is 6.39. The Kier molecular flexibility index (Phi) is 5.41. The molecule has 5 nitrogen and oxygen atoms in total. The van der Waals surface area contributed by atoms with Crippen molar-refractivity contribution in [2.75, 3.05) is 0 Å². The van der Waals surface area contributed by atoms with Crippen LogP contribution >= 0.6 is 0 Å². The van der Waals surface area contributed by atoms with Crippen molar-refractivity contribution in [2.24, 2.45) is 0 Å². The van der Waals surface area contributed by atoms with Gasteiger partial charge in [-0.2, -0.15) is 0 Å². The van der Waals surface area contributed by atoms with Crippen LogP contribution < -0.4 is 5.56 Å². The summed E-state index contributed by atoms with van der Waals surface area (Å²) in [6.07, 6.45) is 1.64. The second-order valence-electron chi connectivity index (χ2n) is 4.21. The summed E-state index contributed by atoms with van der Waals surface area (Å²) in [5.41, 5.74) is 0.830. The van der Waals surface area contributed by atoms with Gasteiger partial charge in [-0.15, -0.1) is 16.3 Å². The molecule has 0 saturated heterocycles. The van der Waals surface area contributed by atoms with Gasteiger partial charge in [-0.1, -0.05) is 26.0 Å². The van der Waals surface area contributed by atoms with E-state index in [9.17, 15) is 4.79 Å². The summed E-state index contributed by atoms with van der Waals surface area (Å²) in [5.74, 6) is 1.22. The molecule has 2 aromatic rings. The summed E-state index contributed by atoms with van der Waals surface area (Å²) in [6, 6.07) is 4.67. The third-order valence-electron chi connectivity index (χ3n) is 2.44. The van der Waals surface area contributed by atoms with E-state index in [2.05, 4.69) is 16.3 Å². The van der Waals surface area contributed by atoms with E-state index in [1.165, 1.54) is 4.57 Å². The first-order valence-corrected chi connectivity index (χ1v) is 5.47. The van der Waals surface area contributed by atoms with Crippen LogP contribution in [0.3, 0.4) is 0 Å². The van der Waals surface area contributed by atoms with Gasteiger partial charge in [0.15, 0.2) is 5.56 Å². The predicted octanol–water partition coefficient (Wildman–Crippen LogP) is 1.51. The van der Waals surface area contributed by atoms with E-state index in [0.29, 0.717) is 17.7 Å². The smallest absolute Gasteiger partial charge is 0.236 e. The summed E-state index contributed by atoms with van der Waals surface area (Å²) in [6.45, 7) is 6.05.